The SMILES string of the molecule is Cc1cc(-c2cccc(S(C)(=O)=O)c2)c(Cl)cc1C1=C(O)C2(CCCN(CC(N)=O)C2)OC1=O.Cl. The number of sulfone groups is 1. The van der Waals surface area contributed by atoms with Crippen molar-refractivity contribution in [3.63, 3.8) is 0 Å². The lowest BCUT2D eigenvalue weighted by molar-refractivity contribution is -0.151. The van der Waals surface area contributed by atoms with Crippen LogP contribution < -0.4 is 5.73 Å². The molecular weight excluding hydrogens is 515 g/mol. The number of likely N-dealkylation sites (tertiary alicyclic amines) is 1. The van der Waals surface area contributed by atoms with Crippen LogP contribution in [0.5, 0.6) is 0 Å². The number of hydrogen-bond donors (Lipinski definition) is 2. The monoisotopic (exact) mass is 540 g/mol. The molecule has 1 unspecified atom stereocenters. The van der Waals surface area contributed by atoms with E-state index in [1.54, 1.807) is 42.2 Å². The van der Waals surface area contributed by atoms with Crippen LogP contribution in [0.3, 0.4) is 0 Å². The zero-order valence-electron chi connectivity index (χ0n) is 19.2. The maximum absolute atomic E-state index is 12.9. The Balaban J connectivity index is 0.00000342. The lowest BCUT2D eigenvalue weighted by Crippen LogP contribution is -2.51. The molecule has 1 atom stereocenters. The number of nitrogens with two attached hydrogens (primary N) is 1. The number of ether oxygens (including phenoxy) is 1. The maximum atomic E-state index is 12.9. The molecule has 3 N–H and O–H groups in total. The predicted octanol–water partition coefficient (Wildman–Crippen LogP) is 3.29. The minimum absolute atomic E-state index is 0. The van der Waals surface area contributed by atoms with Crippen LogP contribution >= 0.6 is 24.0 Å². The number of benzene rings is 2. The second-order valence-electron chi connectivity index (χ2n) is 8.83. The summed E-state index contributed by atoms with van der Waals surface area (Å²) in [5.41, 5.74) is 6.41. The van der Waals surface area contributed by atoms with E-state index < -0.39 is 27.3 Å². The Kier molecular flexibility index (Phi) is 7.57. The van der Waals surface area contributed by atoms with Gasteiger partial charge in [0, 0.05) is 23.4 Å². The fraction of sp³-hybridized carbons (Fsp3) is 0.333. The van der Waals surface area contributed by atoms with Crippen molar-refractivity contribution in [2.75, 3.05) is 25.9 Å². The number of esters is 1. The van der Waals surface area contributed by atoms with Gasteiger partial charge in [0.05, 0.1) is 11.4 Å². The van der Waals surface area contributed by atoms with Gasteiger partial charge in [-0.05, 0) is 67.3 Å². The van der Waals surface area contributed by atoms with Crippen molar-refractivity contribution in [3.8, 4) is 11.1 Å². The summed E-state index contributed by atoms with van der Waals surface area (Å²) in [4.78, 5) is 26.2. The number of carbonyl (C=O) groups excluding carboxylic acids is 2. The average molecular weight is 541 g/mol. The maximum Gasteiger partial charge on any atom is 0.343 e. The van der Waals surface area contributed by atoms with Crippen molar-refractivity contribution >= 4 is 51.3 Å². The van der Waals surface area contributed by atoms with Crippen LogP contribution in [0.4, 0.5) is 0 Å². The number of nitrogens with zero attached hydrogens (tertiary/aromatic N) is 1. The number of primary amides is 1. The number of aliphatic hydroxyl groups excluding tert-OH is 1. The fourth-order valence-electron chi connectivity index (χ4n) is 4.64. The predicted molar refractivity (Wildman–Crippen MR) is 135 cm³/mol. The molecule has 2 heterocycles. The number of aliphatic hydroxyl groups is 1. The molecule has 2 aromatic rings. The molecule has 35 heavy (non-hydrogen) atoms. The summed E-state index contributed by atoms with van der Waals surface area (Å²) >= 11 is 6.57. The molecular formula is C24H26Cl2N2O6S. The first-order valence-electron chi connectivity index (χ1n) is 10.7. The van der Waals surface area contributed by atoms with Crippen LogP contribution in [-0.4, -0.2) is 61.8 Å². The van der Waals surface area contributed by atoms with Crippen LogP contribution in [0.25, 0.3) is 16.7 Å². The number of amides is 1. The summed E-state index contributed by atoms with van der Waals surface area (Å²) in [6.45, 7) is 2.56. The first kappa shape index (κ1) is 27.0. The van der Waals surface area contributed by atoms with Gasteiger partial charge in [-0.2, -0.15) is 0 Å². The third-order valence-electron chi connectivity index (χ3n) is 6.23. The van der Waals surface area contributed by atoms with Gasteiger partial charge >= 0.3 is 5.97 Å². The fourth-order valence-corrected chi connectivity index (χ4v) is 5.58. The Hall–Kier alpha value is -2.59. The molecule has 0 aromatic heterocycles. The van der Waals surface area contributed by atoms with E-state index in [9.17, 15) is 23.1 Å². The standard InChI is InChI=1S/C24H25ClN2O6S.ClH/c1-14-9-18(15-5-3-6-16(10-15)34(2,31)32)19(25)11-17(14)21-22(29)24(33-23(21)30)7-4-8-27(13-24)12-20(26)28;/h3,5-6,9-11,29H,4,7-8,12-13H2,1-2H3,(H2,26,28);1H. The molecule has 1 saturated heterocycles. The number of aryl methyl sites for hydroxylation is 1. The average Bonchev–Trinajstić information content (AvgIpc) is 2.97. The van der Waals surface area contributed by atoms with Gasteiger partial charge in [0.2, 0.25) is 5.91 Å². The van der Waals surface area contributed by atoms with Crippen molar-refractivity contribution in [1.29, 1.82) is 0 Å². The van der Waals surface area contributed by atoms with E-state index in [4.69, 9.17) is 22.1 Å². The molecule has 188 valence electrons. The van der Waals surface area contributed by atoms with E-state index in [0.717, 1.165) is 6.26 Å². The molecule has 4 rings (SSSR count). The highest BCUT2D eigenvalue weighted by molar-refractivity contribution is 7.90. The normalized spacial score (nSPS) is 20.6. The van der Waals surface area contributed by atoms with Crippen molar-refractivity contribution in [1.82, 2.24) is 4.90 Å². The van der Waals surface area contributed by atoms with Gasteiger partial charge in [-0.3, -0.25) is 9.69 Å². The number of piperidine rings is 1. The molecule has 2 aliphatic rings. The minimum atomic E-state index is -3.40. The van der Waals surface area contributed by atoms with Crippen molar-refractivity contribution in [2.24, 2.45) is 5.73 Å². The van der Waals surface area contributed by atoms with Gasteiger partial charge in [-0.25, -0.2) is 13.2 Å². The molecule has 0 saturated carbocycles. The van der Waals surface area contributed by atoms with Crippen molar-refractivity contribution < 1.29 is 27.9 Å². The number of hydrogen-bond acceptors (Lipinski definition) is 7. The summed E-state index contributed by atoms with van der Waals surface area (Å²) in [7, 11) is -3.40. The Morgan fingerprint density at radius 1 is 1.26 bits per heavy atom. The number of carbonyl (C=O) groups is 2. The summed E-state index contributed by atoms with van der Waals surface area (Å²) in [6, 6.07) is 9.77. The topological polar surface area (TPSA) is 127 Å². The summed E-state index contributed by atoms with van der Waals surface area (Å²) in [5, 5.41) is 11.4. The summed E-state index contributed by atoms with van der Waals surface area (Å²) in [6.07, 6.45) is 2.18. The highest BCUT2D eigenvalue weighted by Gasteiger charge is 2.51. The zero-order chi connectivity index (χ0) is 24.8. The van der Waals surface area contributed by atoms with Gasteiger partial charge in [-0.1, -0.05) is 23.7 Å². The molecule has 2 aromatic carbocycles. The van der Waals surface area contributed by atoms with Crippen LogP contribution in [0.1, 0.15) is 24.0 Å². The zero-order valence-corrected chi connectivity index (χ0v) is 21.6. The number of halogens is 2. The lowest BCUT2D eigenvalue weighted by atomic mass is 9.87. The molecule has 11 heteroatoms. The van der Waals surface area contributed by atoms with Gasteiger partial charge in [0.1, 0.15) is 5.57 Å². The van der Waals surface area contributed by atoms with Gasteiger partial charge in [0.15, 0.2) is 21.2 Å². The van der Waals surface area contributed by atoms with Gasteiger partial charge in [0.25, 0.3) is 0 Å². The van der Waals surface area contributed by atoms with E-state index in [0.29, 0.717) is 46.7 Å². The molecule has 8 nitrogen and oxygen atoms in total. The van der Waals surface area contributed by atoms with E-state index >= 15 is 0 Å². The molecule has 0 aliphatic carbocycles. The third-order valence-corrected chi connectivity index (χ3v) is 7.65. The second-order valence-corrected chi connectivity index (χ2v) is 11.3. The molecule has 0 bridgehead atoms. The third kappa shape index (κ3) is 5.18. The quantitative estimate of drug-likeness (QED) is 0.557. The largest absolute Gasteiger partial charge is 0.507 e. The van der Waals surface area contributed by atoms with E-state index in [2.05, 4.69) is 0 Å². The number of rotatable bonds is 5. The van der Waals surface area contributed by atoms with Crippen molar-refractivity contribution in [2.45, 2.75) is 30.3 Å². The molecule has 1 fully saturated rings. The summed E-state index contributed by atoms with van der Waals surface area (Å²) in [5.74, 6) is -1.34. The first-order chi connectivity index (χ1) is 15.9. The van der Waals surface area contributed by atoms with E-state index in [1.165, 1.54) is 6.07 Å². The molecule has 1 amide bonds. The minimum Gasteiger partial charge on any atom is -0.507 e. The second kappa shape index (κ2) is 9.81. The molecule has 1 spiro atoms. The van der Waals surface area contributed by atoms with Crippen LogP contribution in [0.15, 0.2) is 47.1 Å². The van der Waals surface area contributed by atoms with E-state index in [1.807, 2.05) is 0 Å². The van der Waals surface area contributed by atoms with Crippen molar-refractivity contribution in [3.05, 3.63) is 58.3 Å². The van der Waals surface area contributed by atoms with Crippen LogP contribution in [-0.2, 0) is 24.2 Å². The Bertz CT molecular complexity index is 1340. The Morgan fingerprint density at radius 2 is 1.97 bits per heavy atom. The Labute approximate surface area is 215 Å². The Morgan fingerprint density at radius 3 is 2.63 bits per heavy atom. The highest BCUT2D eigenvalue weighted by Crippen LogP contribution is 2.44. The highest BCUT2D eigenvalue weighted by atomic mass is 35.5. The lowest BCUT2D eigenvalue weighted by Gasteiger charge is -2.38. The van der Waals surface area contributed by atoms with Gasteiger partial charge < -0.3 is 15.6 Å². The van der Waals surface area contributed by atoms with Crippen LogP contribution in [0.2, 0.25) is 5.02 Å². The smallest absolute Gasteiger partial charge is 0.343 e. The molecule has 0 radical (unpaired) electrons. The van der Waals surface area contributed by atoms with E-state index in [-0.39, 0.29) is 41.7 Å². The first-order valence-corrected chi connectivity index (χ1v) is 13.0. The van der Waals surface area contributed by atoms with Gasteiger partial charge in [-0.15, -0.1) is 12.4 Å². The summed E-state index contributed by atoms with van der Waals surface area (Å²) < 4.78 is 29.6. The van der Waals surface area contributed by atoms with Crippen LogP contribution in [0, 0.1) is 6.92 Å². The molecule has 2 aliphatic heterocycles.